The number of carbonyl (C=O) groups excluding carboxylic acids is 1. The molecule has 0 bridgehead atoms. The van der Waals surface area contributed by atoms with E-state index in [0.717, 1.165) is 31.6 Å². The minimum atomic E-state index is -0.343. The van der Waals surface area contributed by atoms with Gasteiger partial charge >= 0.3 is 5.97 Å². The average molecular weight is 425 g/mol. The number of rotatable bonds is 15. The van der Waals surface area contributed by atoms with Gasteiger partial charge in [-0.3, -0.25) is 0 Å². The topological polar surface area (TPSA) is 35.5 Å². The summed E-state index contributed by atoms with van der Waals surface area (Å²) in [6.45, 7) is 7.42. The lowest BCUT2D eigenvalue weighted by atomic mass is 9.99. The van der Waals surface area contributed by atoms with Gasteiger partial charge in [0.2, 0.25) is 0 Å². The molecule has 1 unspecified atom stereocenters. The van der Waals surface area contributed by atoms with E-state index in [-0.39, 0.29) is 5.97 Å². The van der Waals surface area contributed by atoms with E-state index in [1.807, 2.05) is 36.4 Å². The molecular weight excluding hydrogens is 384 g/mol. The first-order valence-electron chi connectivity index (χ1n) is 12.2. The van der Waals surface area contributed by atoms with E-state index in [2.05, 4.69) is 20.8 Å². The number of hydrogen-bond acceptors (Lipinski definition) is 3. The molecule has 2 rings (SSSR count). The molecule has 0 spiro atoms. The van der Waals surface area contributed by atoms with Gasteiger partial charge in [0, 0.05) is 0 Å². The highest BCUT2D eigenvalue weighted by atomic mass is 16.5. The minimum Gasteiger partial charge on any atom is -0.494 e. The van der Waals surface area contributed by atoms with Gasteiger partial charge in [0.05, 0.1) is 12.2 Å². The molecule has 0 aliphatic rings. The van der Waals surface area contributed by atoms with E-state index in [1.165, 1.54) is 50.5 Å². The third-order valence-electron chi connectivity index (χ3n) is 5.77. The third-order valence-corrected chi connectivity index (χ3v) is 5.77. The van der Waals surface area contributed by atoms with Gasteiger partial charge in [0.1, 0.15) is 11.5 Å². The SMILES string of the molecule is CCCCCCCCCCOc1ccc(C(=O)Oc2ccc(CC(C)CC)cc2)cc1. The van der Waals surface area contributed by atoms with Crippen molar-refractivity contribution in [2.75, 3.05) is 6.61 Å². The molecule has 1 atom stereocenters. The Bertz CT molecular complexity index is 734. The van der Waals surface area contributed by atoms with Crippen molar-refractivity contribution in [3.05, 3.63) is 59.7 Å². The molecule has 2 aromatic rings. The highest BCUT2D eigenvalue weighted by molar-refractivity contribution is 5.91. The molecule has 0 heterocycles. The number of esters is 1. The first kappa shape index (κ1) is 25.0. The van der Waals surface area contributed by atoms with Crippen molar-refractivity contribution < 1.29 is 14.3 Å². The Balaban J connectivity index is 1.68. The molecular formula is C28H40O3. The Labute approximate surface area is 189 Å². The number of hydrogen-bond donors (Lipinski definition) is 0. The van der Waals surface area contributed by atoms with E-state index in [4.69, 9.17) is 9.47 Å². The molecule has 3 nitrogen and oxygen atoms in total. The summed E-state index contributed by atoms with van der Waals surface area (Å²) in [6.07, 6.45) is 12.5. The van der Waals surface area contributed by atoms with Crippen LogP contribution in [0.4, 0.5) is 0 Å². The van der Waals surface area contributed by atoms with Crippen LogP contribution in [0.1, 0.15) is 94.5 Å². The summed E-state index contributed by atoms with van der Waals surface area (Å²) < 4.78 is 11.3. The Hall–Kier alpha value is -2.29. The fraction of sp³-hybridized carbons (Fsp3) is 0.536. The van der Waals surface area contributed by atoms with E-state index >= 15 is 0 Å². The van der Waals surface area contributed by atoms with E-state index in [1.54, 1.807) is 12.1 Å². The number of ether oxygens (including phenoxy) is 2. The predicted molar refractivity (Wildman–Crippen MR) is 129 cm³/mol. The van der Waals surface area contributed by atoms with Crippen LogP contribution in [-0.2, 0) is 6.42 Å². The first-order valence-corrected chi connectivity index (χ1v) is 12.2. The molecule has 0 radical (unpaired) electrons. The van der Waals surface area contributed by atoms with E-state index < -0.39 is 0 Å². The average Bonchev–Trinajstić information content (AvgIpc) is 2.79. The zero-order chi connectivity index (χ0) is 22.3. The standard InChI is InChI=1S/C28H40O3/c1-4-6-7-8-9-10-11-12-21-30-26-19-15-25(16-20-26)28(29)31-27-17-13-24(14-18-27)22-23(3)5-2/h13-20,23H,4-12,21-22H2,1-3H3. The fourth-order valence-corrected chi connectivity index (χ4v) is 3.52. The number of unbranched alkanes of at least 4 members (excludes halogenated alkanes) is 7. The van der Waals surface area contributed by atoms with Crippen LogP contribution in [0, 0.1) is 5.92 Å². The van der Waals surface area contributed by atoms with Crippen LogP contribution in [0.25, 0.3) is 0 Å². The molecule has 0 aliphatic carbocycles. The maximum atomic E-state index is 12.4. The minimum absolute atomic E-state index is 0.343. The van der Waals surface area contributed by atoms with Crippen molar-refractivity contribution in [2.24, 2.45) is 5.92 Å². The molecule has 3 heteroatoms. The van der Waals surface area contributed by atoms with Gasteiger partial charge in [0.25, 0.3) is 0 Å². The largest absolute Gasteiger partial charge is 0.494 e. The van der Waals surface area contributed by atoms with Crippen LogP contribution in [0.2, 0.25) is 0 Å². The molecule has 0 N–H and O–H groups in total. The van der Waals surface area contributed by atoms with E-state index in [9.17, 15) is 4.79 Å². The van der Waals surface area contributed by atoms with Gasteiger partial charge in [-0.25, -0.2) is 4.79 Å². The second kappa shape index (κ2) is 14.7. The maximum Gasteiger partial charge on any atom is 0.343 e. The molecule has 170 valence electrons. The second-order valence-corrected chi connectivity index (χ2v) is 8.60. The summed E-state index contributed by atoms with van der Waals surface area (Å²) >= 11 is 0. The van der Waals surface area contributed by atoms with E-state index in [0.29, 0.717) is 17.2 Å². The summed E-state index contributed by atoms with van der Waals surface area (Å²) in [4.78, 5) is 12.4. The predicted octanol–water partition coefficient (Wildman–Crippen LogP) is 8.01. The van der Waals surface area contributed by atoms with Crippen LogP contribution in [0.3, 0.4) is 0 Å². The quantitative estimate of drug-likeness (QED) is 0.165. The van der Waals surface area contributed by atoms with Crippen molar-refractivity contribution in [2.45, 2.75) is 85.0 Å². The summed E-state index contributed by atoms with van der Waals surface area (Å²) in [6, 6.07) is 15.0. The summed E-state index contributed by atoms with van der Waals surface area (Å²) in [5.41, 5.74) is 1.80. The molecule has 0 aliphatic heterocycles. The molecule has 31 heavy (non-hydrogen) atoms. The summed E-state index contributed by atoms with van der Waals surface area (Å²) in [5.74, 6) is 1.69. The molecule has 0 amide bonds. The fourth-order valence-electron chi connectivity index (χ4n) is 3.52. The van der Waals surface area contributed by atoms with Crippen LogP contribution in [0.15, 0.2) is 48.5 Å². The Morgan fingerprint density at radius 3 is 1.97 bits per heavy atom. The summed E-state index contributed by atoms with van der Waals surface area (Å²) in [5, 5.41) is 0. The lowest BCUT2D eigenvalue weighted by Gasteiger charge is -2.10. The Kier molecular flexibility index (Phi) is 11.8. The van der Waals surface area contributed by atoms with Gasteiger partial charge in [-0.15, -0.1) is 0 Å². The molecule has 0 saturated carbocycles. The molecule has 0 fully saturated rings. The Morgan fingerprint density at radius 2 is 1.35 bits per heavy atom. The zero-order valence-electron chi connectivity index (χ0n) is 19.7. The third kappa shape index (κ3) is 10.0. The van der Waals surface area contributed by atoms with Crippen molar-refractivity contribution >= 4 is 5.97 Å². The highest BCUT2D eigenvalue weighted by Gasteiger charge is 2.09. The van der Waals surface area contributed by atoms with Gasteiger partial charge < -0.3 is 9.47 Å². The Morgan fingerprint density at radius 1 is 0.774 bits per heavy atom. The van der Waals surface area contributed by atoms with Crippen molar-refractivity contribution in [1.29, 1.82) is 0 Å². The van der Waals surface area contributed by atoms with Gasteiger partial charge in [-0.05, 0) is 60.7 Å². The van der Waals surface area contributed by atoms with Gasteiger partial charge in [0.15, 0.2) is 0 Å². The molecule has 0 saturated heterocycles. The monoisotopic (exact) mass is 424 g/mol. The smallest absolute Gasteiger partial charge is 0.343 e. The van der Waals surface area contributed by atoms with Crippen molar-refractivity contribution in [1.82, 2.24) is 0 Å². The number of carbonyl (C=O) groups is 1. The van der Waals surface area contributed by atoms with Gasteiger partial charge in [-0.1, -0.05) is 84.3 Å². The lowest BCUT2D eigenvalue weighted by molar-refractivity contribution is 0.0734. The first-order chi connectivity index (χ1) is 15.1. The number of benzene rings is 2. The summed E-state index contributed by atoms with van der Waals surface area (Å²) in [7, 11) is 0. The lowest BCUT2D eigenvalue weighted by Crippen LogP contribution is -2.08. The van der Waals surface area contributed by atoms with Crippen LogP contribution >= 0.6 is 0 Å². The maximum absolute atomic E-state index is 12.4. The second-order valence-electron chi connectivity index (χ2n) is 8.60. The van der Waals surface area contributed by atoms with Crippen LogP contribution in [0.5, 0.6) is 11.5 Å². The normalized spacial score (nSPS) is 11.8. The zero-order valence-corrected chi connectivity index (χ0v) is 19.7. The van der Waals surface area contributed by atoms with Crippen molar-refractivity contribution in [3.8, 4) is 11.5 Å². The van der Waals surface area contributed by atoms with Crippen LogP contribution in [-0.4, -0.2) is 12.6 Å². The molecule has 0 aromatic heterocycles. The van der Waals surface area contributed by atoms with Crippen LogP contribution < -0.4 is 9.47 Å². The van der Waals surface area contributed by atoms with Crippen molar-refractivity contribution in [3.63, 3.8) is 0 Å². The molecule has 2 aromatic carbocycles. The highest BCUT2D eigenvalue weighted by Crippen LogP contribution is 2.19. The van der Waals surface area contributed by atoms with Gasteiger partial charge in [-0.2, -0.15) is 0 Å².